The van der Waals surface area contributed by atoms with Gasteiger partial charge in [-0.15, -0.1) is 11.3 Å². The van der Waals surface area contributed by atoms with Crippen LogP contribution < -0.4 is 10.6 Å². The van der Waals surface area contributed by atoms with Gasteiger partial charge in [-0.1, -0.05) is 53.1 Å². The van der Waals surface area contributed by atoms with Crippen molar-refractivity contribution in [2.45, 2.75) is 0 Å². The Morgan fingerprint density at radius 1 is 0.696 bits per heavy atom. The van der Waals surface area contributed by atoms with Gasteiger partial charge in [0.15, 0.2) is 10.6 Å². The van der Waals surface area contributed by atoms with Gasteiger partial charge in [0.2, 0.25) is 0 Å². The molecule has 0 aliphatic heterocycles. The molecule has 0 radical (unpaired) electrons. The molecule has 4 heteroatoms. The first kappa shape index (κ1) is 15.5. The van der Waals surface area contributed by atoms with Gasteiger partial charge in [-0.2, -0.15) is 0 Å². The van der Waals surface area contributed by atoms with Crippen LogP contribution in [0.5, 0.6) is 0 Å². The second-order valence-electron chi connectivity index (χ2n) is 4.79. The second-order valence-corrected chi connectivity index (χ2v) is 7.29. The van der Waals surface area contributed by atoms with E-state index in [1.807, 2.05) is 84.4 Å². The normalized spacial score (nSPS) is 9.91. The quantitative estimate of drug-likeness (QED) is 0.494. The van der Waals surface area contributed by atoms with Gasteiger partial charge in [-0.05, 0) is 36.4 Å². The van der Waals surface area contributed by atoms with Crippen LogP contribution in [0.3, 0.4) is 0 Å². The lowest BCUT2D eigenvalue weighted by molar-refractivity contribution is 0.598. The van der Waals surface area contributed by atoms with Gasteiger partial charge in [0.25, 0.3) is 0 Å². The highest BCUT2D eigenvalue weighted by Crippen LogP contribution is 2.18. The van der Waals surface area contributed by atoms with Crippen LogP contribution in [-0.4, -0.2) is 4.98 Å². The third-order valence-corrected chi connectivity index (χ3v) is 5.56. The first-order chi connectivity index (χ1) is 11.3. The molecule has 4 rings (SSSR count). The summed E-state index contributed by atoms with van der Waals surface area (Å²) >= 11 is 1.68. The van der Waals surface area contributed by atoms with Crippen molar-refractivity contribution >= 4 is 40.0 Å². The zero-order valence-electron chi connectivity index (χ0n) is 12.4. The topological polar surface area (TPSA) is 30.0 Å². The Morgan fingerprint density at radius 3 is 1.78 bits per heavy atom. The van der Waals surface area contributed by atoms with Crippen molar-refractivity contribution in [3.8, 4) is 0 Å². The fraction of sp³-hybridized carbons (Fsp3) is 0. The van der Waals surface area contributed by atoms with Gasteiger partial charge in [-0.3, -0.25) is 0 Å². The van der Waals surface area contributed by atoms with Crippen LogP contribution in [0.25, 0.3) is 10.2 Å². The smallest absolute Gasteiger partial charge is 0.245 e. The van der Waals surface area contributed by atoms with Crippen LogP contribution in [0, 0.1) is 0 Å². The average Bonchev–Trinajstić information content (AvgIpc) is 3.12. The average molecular weight is 336 g/mol. The van der Waals surface area contributed by atoms with Crippen LogP contribution in [0.1, 0.15) is 0 Å². The lowest BCUT2D eigenvalue weighted by atomic mass is 10.3. The maximum Gasteiger partial charge on any atom is 0.415 e. The monoisotopic (exact) mass is 336 g/mol. The highest BCUT2D eigenvalue weighted by Gasteiger charge is 2.21. The van der Waals surface area contributed by atoms with E-state index in [1.54, 1.807) is 11.3 Å². The van der Waals surface area contributed by atoms with Crippen molar-refractivity contribution in [2.75, 3.05) is 0 Å². The molecule has 4 aromatic rings. The molecule has 23 heavy (non-hydrogen) atoms. The van der Waals surface area contributed by atoms with Crippen molar-refractivity contribution in [3.63, 3.8) is 0 Å². The Hall–Kier alpha value is -2.35. The molecule has 0 aliphatic carbocycles. The van der Waals surface area contributed by atoms with Gasteiger partial charge in [-0.25, -0.2) is 4.98 Å². The molecular formula is C19H15NOPS+. The van der Waals surface area contributed by atoms with Crippen LogP contribution in [0.15, 0.2) is 90.4 Å². The molecule has 0 fully saturated rings. The van der Waals surface area contributed by atoms with Crippen LogP contribution in [0.2, 0.25) is 0 Å². The summed E-state index contributed by atoms with van der Waals surface area (Å²) in [5, 5.41) is 1.77. The maximum atomic E-state index is 12.0. The van der Waals surface area contributed by atoms with Gasteiger partial charge in [0.1, 0.15) is 0 Å². The van der Waals surface area contributed by atoms with Gasteiger partial charge in [0.05, 0.1) is 15.7 Å². The van der Waals surface area contributed by atoms with Crippen molar-refractivity contribution in [1.82, 2.24) is 4.98 Å². The highest BCUT2D eigenvalue weighted by atomic mass is 32.1. The number of thiazole rings is 1. The maximum absolute atomic E-state index is 12.0. The van der Waals surface area contributed by atoms with E-state index in [4.69, 9.17) is 0 Å². The zero-order chi connectivity index (χ0) is 15.9. The SMILES string of the molecule is O=[P+](c1ccccc1)c1ccccc1.c1ccc2scnc2c1. The van der Waals surface area contributed by atoms with Gasteiger partial charge in [0, 0.05) is 0 Å². The molecule has 0 atom stereocenters. The van der Waals surface area contributed by atoms with Crippen LogP contribution >= 0.6 is 19.1 Å². The largest absolute Gasteiger partial charge is 0.415 e. The fourth-order valence-corrected chi connectivity index (χ4v) is 3.94. The number of hydrogen-bond donors (Lipinski definition) is 0. The Bertz CT molecular complexity index is 819. The summed E-state index contributed by atoms with van der Waals surface area (Å²) in [4.78, 5) is 4.14. The number of rotatable bonds is 2. The summed E-state index contributed by atoms with van der Waals surface area (Å²) in [5.74, 6) is 0. The standard InChI is InChI=1S/C12H10OP.C7H5NS/c13-14(11-7-3-1-4-8-11)12-9-5-2-6-10-12;1-2-4-7-6(3-1)8-5-9-7/h1-10H;1-5H/q+1;. The van der Waals surface area contributed by atoms with E-state index in [-0.39, 0.29) is 0 Å². The van der Waals surface area contributed by atoms with Crippen LogP contribution in [-0.2, 0) is 4.57 Å². The van der Waals surface area contributed by atoms with E-state index >= 15 is 0 Å². The predicted molar refractivity (Wildman–Crippen MR) is 99.4 cm³/mol. The molecule has 0 bridgehead atoms. The number of hydrogen-bond acceptors (Lipinski definition) is 3. The minimum Gasteiger partial charge on any atom is -0.245 e. The van der Waals surface area contributed by atoms with E-state index in [0.717, 1.165) is 16.1 Å². The predicted octanol–water partition coefficient (Wildman–Crippen LogP) is 4.76. The first-order valence-corrected chi connectivity index (χ1v) is 9.34. The van der Waals surface area contributed by atoms with E-state index in [2.05, 4.69) is 11.1 Å². The summed E-state index contributed by atoms with van der Waals surface area (Å²) in [6.07, 6.45) is 0. The molecule has 0 saturated heterocycles. The molecule has 3 aromatic carbocycles. The molecule has 0 unspecified atom stereocenters. The van der Waals surface area contributed by atoms with Crippen molar-refractivity contribution in [1.29, 1.82) is 0 Å². The second kappa shape index (κ2) is 7.77. The molecule has 112 valence electrons. The molecule has 0 aliphatic rings. The number of para-hydroxylation sites is 1. The summed E-state index contributed by atoms with van der Waals surface area (Å²) in [6, 6.07) is 27.2. The summed E-state index contributed by atoms with van der Waals surface area (Å²) in [6.45, 7) is 0. The first-order valence-electron chi connectivity index (χ1n) is 7.20. The molecule has 1 aromatic heterocycles. The number of nitrogens with zero attached hydrogens (tertiary/aromatic N) is 1. The summed E-state index contributed by atoms with van der Waals surface area (Å²) < 4.78 is 13.3. The summed E-state index contributed by atoms with van der Waals surface area (Å²) in [7, 11) is -1.42. The van der Waals surface area contributed by atoms with E-state index in [0.29, 0.717) is 0 Å². The number of aromatic nitrogens is 1. The van der Waals surface area contributed by atoms with Gasteiger partial charge >= 0.3 is 7.80 Å². The van der Waals surface area contributed by atoms with Crippen molar-refractivity contribution < 1.29 is 4.57 Å². The summed E-state index contributed by atoms with van der Waals surface area (Å²) in [5.41, 5.74) is 2.97. The lowest BCUT2D eigenvalue weighted by Gasteiger charge is -1.87. The Kier molecular flexibility index (Phi) is 5.25. The third kappa shape index (κ3) is 4.10. The highest BCUT2D eigenvalue weighted by molar-refractivity contribution is 7.61. The Balaban J connectivity index is 0.000000149. The van der Waals surface area contributed by atoms with Gasteiger partial charge < -0.3 is 0 Å². The van der Waals surface area contributed by atoms with Crippen molar-refractivity contribution in [2.24, 2.45) is 0 Å². The van der Waals surface area contributed by atoms with E-state index in [1.165, 1.54) is 4.70 Å². The Morgan fingerprint density at radius 2 is 1.22 bits per heavy atom. The molecule has 0 N–H and O–H groups in total. The molecular weight excluding hydrogens is 321 g/mol. The minimum absolute atomic E-state index is 0.883. The minimum atomic E-state index is -1.42. The third-order valence-electron chi connectivity index (χ3n) is 3.22. The molecule has 0 spiro atoms. The number of fused-ring (bicyclic) bond motifs is 1. The molecule has 2 nitrogen and oxygen atoms in total. The zero-order valence-corrected chi connectivity index (χ0v) is 14.1. The van der Waals surface area contributed by atoms with Crippen LogP contribution in [0.4, 0.5) is 0 Å². The molecule has 0 amide bonds. The van der Waals surface area contributed by atoms with Crippen molar-refractivity contribution in [3.05, 3.63) is 90.4 Å². The Labute approximate surface area is 140 Å². The molecule has 1 heterocycles. The van der Waals surface area contributed by atoms with E-state index < -0.39 is 7.80 Å². The lowest BCUT2D eigenvalue weighted by Crippen LogP contribution is -2.04. The van der Waals surface area contributed by atoms with E-state index in [9.17, 15) is 4.57 Å². The fourth-order valence-electron chi connectivity index (χ4n) is 2.08. The molecule has 0 saturated carbocycles. The number of benzene rings is 3.